The minimum Gasteiger partial charge on any atom is -0.354 e. The topological polar surface area (TPSA) is 113 Å². The van der Waals surface area contributed by atoms with Crippen LogP contribution in [0.25, 0.3) is 0 Å². The molecule has 0 aromatic rings. The Balaban J connectivity index is 2.08. The van der Waals surface area contributed by atoms with Crippen molar-refractivity contribution in [2.45, 2.75) is 104 Å². The van der Waals surface area contributed by atoms with Gasteiger partial charge in [0.15, 0.2) is 5.78 Å². The van der Waals surface area contributed by atoms with Gasteiger partial charge in [0.1, 0.15) is 5.41 Å². The van der Waals surface area contributed by atoms with Crippen molar-refractivity contribution in [1.82, 2.24) is 15.5 Å². The molecule has 0 aliphatic carbocycles. The summed E-state index contributed by atoms with van der Waals surface area (Å²) in [6, 6.07) is 0. The number of likely N-dealkylation sites (tertiary alicyclic amines) is 1. The molecule has 1 saturated heterocycles. The van der Waals surface area contributed by atoms with Crippen LogP contribution in [0.15, 0.2) is 0 Å². The Morgan fingerprint density at radius 1 is 0.818 bits per heavy atom. The number of carbonyl (C=O) groups is 5. The summed E-state index contributed by atoms with van der Waals surface area (Å²) in [5, 5.41) is 5.40. The highest BCUT2D eigenvalue weighted by Gasteiger charge is 2.44. The number of rotatable bonds is 17. The van der Waals surface area contributed by atoms with Gasteiger partial charge in [0, 0.05) is 19.5 Å². The van der Waals surface area contributed by atoms with E-state index in [1.807, 2.05) is 0 Å². The van der Waals surface area contributed by atoms with Crippen LogP contribution in [0.1, 0.15) is 104 Å². The molecule has 1 fully saturated rings. The number of nitrogens with one attached hydrogen (secondary N) is 2. The monoisotopic (exact) mass is 465 g/mol. The minimum absolute atomic E-state index is 0.0447. The van der Waals surface area contributed by atoms with Crippen LogP contribution >= 0.6 is 0 Å². The Morgan fingerprint density at radius 2 is 1.33 bits per heavy atom. The summed E-state index contributed by atoms with van der Waals surface area (Å²) in [5.41, 5.74) is -1.47. The Hall–Kier alpha value is -2.25. The third-order valence-electron chi connectivity index (χ3n) is 6.07. The maximum Gasteiger partial charge on any atom is 0.244 e. The van der Waals surface area contributed by atoms with Crippen molar-refractivity contribution in [1.29, 1.82) is 0 Å². The first kappa shape index (κ1) is 28.8. The van der Waals surface area contributed by atoms with Crippen molar-refractivity contribution in [3.63, 3.8) is 0 Å². The Labute approximate surface area is 198 Å². The van der Waals surface area contributed by atoms with Gasteiger partial charge < -0.3 is 10.6 Å². The van der Waals surface area contributed by atoms with E-state index in [2.05, 4.69) is 17.6 Å². The predicted octanol–water partition coefficient (Wildman–Crippen LogP) is 3.27. The largest absolute Gasteiger partial charge is 0.354 e. The Kier molecular flexibility index (Phi) is 13.6. The average Bonchev–Trinajstić information content (AvgIpc) is 3.11. The second kappa shape index (κ2) is 15.6. The molecule has 0 unspecified atom stereocenters. The molecule has 1 heterocycles. The lowest BCUT2D eigenvalue weighted by Crippen LogP contribution is -2.51. The van der Waals surface area contributed by atoms with Crippen LogP contribution in [0.3, 0.4) is 0 Å². The van der Waals surface area contributed by atoms with E-state index in [-0.39, 0.29) is 37.7 Å². The van der Waals surface area contributed by atoms with E-state index >= 15 is 0 Å². The molecule has 0 aromatic heterocycles. The third-order valence-corrected chi connectivity index (χ3v) is 6.07. The number of Topliss-reactive ketones (excluding diaryl/α,β-unsaturated/α-hetero) is 1. The number of hydrogen-bond acceptors (Lipinski definition) is 5. The summed E-state index contributed by atoms with van der Waals surface area (Å²) in [7, 11) is 0. The first-order valence-electron chi connectivity index (χ1n) is 12.6. The molecule has 2 N–H and O–H groups in total. The zero-order valence-electron chi connectivity index (χ0n) is 20.8. The van der Waals surface area contributed by atoms with Gasteiger partial charge in [-0.2, -0.15) is 0 Å². The van der Waals surface area contributed by atoms with Crippen LogP contribution in [0.5, 0.6) is 0 Å². The van der Waals surface area contributed by atoms with Crippen LogP contribution < -0.4 is 10.6 Å². The summed E-state index contributed by atoms with van der Waals surface area (Å²) in [4.78, 5) is 60.8. The summed E-state index contributed by atoms with van der Waals surface area (Å²) in [6.45, 7) is 5.26. The highest BCUT2D eigenvalue weighted by atomic mass is 16.2. The maximum atomic E-state index is 12.5. The van der Waals surface area contributed by atoms with Crippen LogP contribution in [0.4, 0.5) is 0 Å². The molecular formula is C25H43N3O5. The molecule has 0 aromatic carbocycles. The number of ketones is 1. The van der Waals surface area contributed by atoms with E-state index in [9.17, 15) is 24.0 Å². The molecule has 0 atom stereocenters. The van der Waals surface area contributed by atoms with Crippen LogP contribution in [-0.2, 0) is 24.0 Å². The Bertz CT molecular complexity index is 675. The van der Waals surface area contributed by atoms with Crippen molar-refractivity contribution in [3.05, 3.63) is 0 Å². The van der Waals surface area contributed by atoms with E-state index in [1.165, 1.54) is 65.2 Å². The fourth-order valence-electron chi connectivity index (χ4n) is 3.84. The average molecular weight is 466 g/mol. The number of unbranched alkanes of at least 4 members (excludes halogenated alkanes) is 10. The van der Waals surface area contributed by atoms with E-state index in [0.717, 1.165) is 24.2 Å². The van der Waals surface area contributed by atoms with Crippen LogP contribution in [-0.4, -0.2) is 53.9 Å². The molecule has 8 nitrogen and oxygen atoms in total. The lowest BCUT2D eigenvalue weighted by Gasteiger charge is -2.26. The van der Waals surface area contributed by atoms with Crippen molar-refractivity contribution >= 4 is 29.4 Å². The molecule has 4 amide bonds. The van der Waals surface area contributed by atoms with Crippen molar-refractivity contribution < 1.29 is 24.0 Å². The molecule has 1 rings (SSSR count). The molecule has 0 spiro atoms. The highest BCUT2D eigenvalue weighted by molar-refractivity contribution is 6.17. The normalized spacial score (nSPS) is 14.0. The smallest absolute Gasteiger partial charge is 0.244 e. The van der Waals surface area contributed by atoms with Gasteiger partial charge in [-0.3, -0.25) is 28.9 Å². The quantitative estimate of drug-likeness (QED) is 0.253. The molecule has 1 aliphatic rings. The predicted molar refractivity (Wildman–Crippen MR) is 127 cm³/mol. The summed E-state index contributed by atoms with van der Waals surface area (Å²) in [6.07, 6.45) is 13.7. The molecule has 1 aliphatic heterocycles. The zero-order valence-corrected chi connectivity index (χ0v) is 20.8. The van der Waals surface area contributed by atoms with Gasteiger partial charge in [0.25, 0.3) is 0 Å². The molecule has 0 radical (unpaired) electrons. The molecule has 0 saturated carbocycles. The van der Waals surface area contributed by atoms with E-state index < -0.39 is 23.1 Å². The number of hydrogen-bond donors (Lipinski definition) is 2. The highest BCUT2D eigenvalue weighted by Crippen LogP contribution is 2.22. The standard InChI is InChI=1S/C25H43N3O5/c1-4-5-6-7-8-9-10-11-12-13-14-15-21(30)26-16-17-27-23(32)25(2,3)24(33)28-19-20(29)18-22(28)31/h4-19H2,1-3H3,(H,26,30)(H,27,32). The molecule has 33 heavy (non-hydrogen) atoms. The maximum absolute atomic E-state index is 12.5. The van der Waals surface area contributed by atoms with Gasteiger partial charge in [-0.05, 0) is 20.3 Å². The van der Waals surface area contributed by atoms with Gasteiger partial charge in [-0.15, -0.1) is 0 Å². The fourth-order valence-corrected chi connectivity index (χ4v) is 3.84. The zero-order chi connectivity index (χ0) is 24.7. The van der Waals surface area contributed by atoms with Crippen LogP contribution in [0.2, 0.25) is 0 Å². The lowest BCUT2D eigenvalue weighted by molar-refractivity contribution is -0.152. The van der Waals surface area contributed by atoms with E-state index in [0.29, 0.717) is 6.42 Å². The Morgan fingerprint density at radius 3 is 1.85 bits per heavy atom. The van der Waals surface area contributed by atoms with Gasteiger partial charge in [0.05, 0.1) is 13.0 Å². The van der Waals surface area contributed by atoms with Gasteiger partial charge in [-0.25, -0.2) is 0 Å². The molecule has 188 valence electrons. The fraction of sp³-hybridized carbons (Fsp3) is 0.800. The minimum atomic E-state index is -1.47. The molecule has 8 heteroatoms. The van der Waals surface area contributed by atoms with Gasteiger partial charge >= 0.3 is 0 Å². The second-order valence-corrected chi connectivity index (χ2v) is 9.52. The van der Waals surface area contributed by atoms with Crippen molar-refractivity contribution in [2.75, 3.05) is 19.6 Å². The van der Waals surface area contributed by atoms with E-state index in [4.69, 9.17) is 0 Å². The summed E-state index contributed by atoms with van der Waals surface area (Å²) >= 11 is 0. The number of carbonyl (C=O) groups excluding carboxylic acids is 5. The summed E-state index contributed by atoms with van der Waals surface area (Å²) < 4.78 is 0. The first-order chi connectivity index (χ1) is 15.7. The lowest BCUT2D eigenvalue weighted by atomic mass is 9.90. The van der Waals surface area contributed by atoms with Gasteiger partial charge in [-0.1, -0.05) is 71.1 Å². The SMILES string of the molecule is CCCCCCCCCCCCCC(=O)NCCNC(=O)C(C)(C)C(=O)N1CC(=O)CC1=O. The van der Waals surface area contributed by atoms with E-state index in [1.54, 1.807) is 0 Å². The second-order valence-electron chi connectivity index (χ2n) is 9.52. The first-order valence-corrected chi connectivity index (χ1v) is 12.6. The number of nitrogens with zero attached hydrogens (tertiary/aromatic N) is 1. The van der Waals surface area contributed by atoms with Crippen LogP contribution in [0, 0.1) is 5.41 Å². The van der Waals surface area contributed by atoms with Gasteiger partial charge in [0.2, 0.25) is 23.6 Å². The molecular weight excluding hydrogens is 422 g/mol. The third kappa shape index (κ3) is 10.9. The summed E-state index contributed by atoms with van der Waals surface area (Å²) in [5.74, 6) is -2.17. The van der Waals surface area contributed by atoms with Crippen molar-refractivity contribution in [3.8, 4) is 0 Å². The molecule has 0 bridgehead atoms. The van der Waals surface area contributed by atoms with Crippen molar-refractivity contribution in [2.24, 2.45) is 5.41 Å². The number of imide groups is 1. The number of amides is 4.